The second kappa shape index (κ2) is 10.9. The molecule has 5 nitrogen and oxygen atoms in total. The highest BCUT2D eigenvalue weighted by Crippen LogP contribution is 2.42. The average Bonchev–Trinajstić information content (AvgIpc) is 3.74. The van der Waals surface area contributed by atoms with Gasteiger partial charge in [-0.25, -0.2) is 19.9 Å². The van der Waals surface area contributed by atoms with E-state index >= 15 is 0 Å². The number of furan rings is 1. The van der Waals surface area contributed by atoms with Crippen molar-refractivity contribution in [3.05, 3.63) is 146 Å². The van der Waals surface area contributed by atoms with Crippen molar-refractivity contribution in [2.45, 2.75) is 0 Å². The molecule has 6 heteroatoms. The fraction of sp³-hybridized carbons (Fsp3) is 0. The monoisotopic (exact) mass is 608 g/mol. The predicted octanol–water partition coefficient (Wildman–Crippen LogP) is 10.7. The summed E-state index contributed by atoms with van der Waals surface area (Å²) in [6, 6.07) is 49.2. The van der Waals surface area contributed by atoms with Crippen LogP contribution < -0.4 is 0 Å². The number of aromatic nitrogens is 4. The number of thiazole rings is 1. The van der Waals surface area contributed by atoms with E-state index in [1.807, 2.05) is 84.9 Å². The van der Waals surface area contributed by atoms with Crippen LogP contribution in [0.1, 0.15) is 0 Å². The maximum absolute atomic E-state index is 6.41. The van der Waals surface area contributed by atoms with E-state index in [0.29, 0.717) is 17.5 Å². The Balaban J connectivity index is 1.24. The lowest BCUT2D eigenvalue weighted by atomic mass is 9.98. The number of fused-ring (bicyclic) bond motifs is 4. The van der Waals surface area contributed by atoms with E-state index < -0.39 is 0 Å². The van der Waals surface area contributed by atoms with Crippen molar-refractivity contribution in [3.63, 3.8) is 0 Å². The van der Waals surface area contributed by atoms with Crippen LogP contribution in [0.4, 0.5) is 0 Å². The lowest BCUT2D eigenvalue weighted by Crippen LogP contribution is -2.00. The lowest BCUT2D eigenvalue weighted by Gasteiger charge is -2.09. The van der Waals surface area contributed by atoms with Crippen LogP contribution in [0.15, 0.2) is 150 Å². The molecule has 0 N–H and O–H groups in total. The first-order valence-electron chi connectivity index (χ1n) is 15.1. The zero-order chi connectivity index (χ0) is 30.5. The first kappa shape index (κ1) is 26.4. The number of nitrogens with zero attached hydrogens (tertiary/aromatic N) is 4. The van der Waals surface area contributed by atoms with Crippen molar-refractivity contribution in [3.8, 4) is 55.9 Å². The Morgan fingerprint density at radius 3 is 1.70 bits per heavy atom. The summed E-state index contributed by atoms with van der Waals surface area (Å²) in [5, 5.41) is 3.05. The summed E-state index contributed by atoms with van der Waals surface area (Å²) in [7, 11) is 0. The van der Waals surface area contributed by atoms with Crippen molar-refractivity contribution in [1.29, 1.82) is 0 Å². The van der Waals surface area contributed by atoms with Gasteiger partial charge in [0.05, 0.1) is 10.2 Å². The molecule has 0 unspecified atom stereocenters. The van der Waals surface area contributed by atoms with Gasteiger partial charge in [-0.15, -0.1) is 11.3 Å². The minimum Gasteiger partial charge on any atom is -0.456 e. The Kier molecular flexibility index (Phi) is 6.25. The minimum atomic E-state index is 0.607. The first-order valence-corrected chi connectivity index (χ1v) is 15.9. The van der Waals surface area contributed by atoms with Crippen molar-refractivity contribution in [1.82, 2.24) is 19.9 Å². The molecule has 6 aromatic carbocycles. The third kappa shape index (κ3) is 4.55. The number of hydrogen-bond acceptors (Lipinski definition) is 6. The Hall–Kier alpha value is -5.98. The zero-order valence-corrected chi connectivity index (χ0v) is 25.3. The van der Waals surface area contributed by atoms with Crippen LogP contribution in [-0.4, -0.2) is 19.9 Å². The molecule has 0 bridgehead atoms. The van der Waals surface area contributed by atoms with Crippen LogP contribution in [0, 0.1) is 0 Å². The smallest absolute Gasteiger partial charge is 0.164 e. The van der Waals surface area contributed by atoms with E-state index in [4.69, 9.17) is 24.4 Å². The van der Waals surface area contributed by atoms with Crippen molar-refractivity contribution < 1.29 is 4.42 Å². The second-order valence-electron chi connectivity index (χ2n) is 11.1. The van der Waals surface area contributed by atoms with Crippen molar-refractivity contribution in [2.24, 2.45) is 0 Å². The molecule has 0 radical (unpaired) electrons. The van der Waals surface area contributed by atoms with Gasteiger partial charge in [-0.2, -0.15) is 0 Å². The minimum absolute atomic E-state index is 0.607. The number of para-hydroxylation sites is 1. The van der Waals surface area contributed by atoms with Crippen LogP contribution in [0.3, 0.4) is 0 Å². The molecule has 0 saturated heterocycles. The average molecular weight is 609 g/mol. The highest BCUT2D eigenvalue weighted by atomic mass is 32.1. The molecule has 0 atom stereocenters. The van der Waals surface area contributed by atoms with Gasteiger partial charge in [-0.1, -0.05) is 115 Å². The molecule has 0 aliphatic carbocycles. The third-order valence-corrected chi connectivity index (χ3v) is 9.25. The second-order valence-corrected chi connectivity index (χ2v) is 12.1. The van der Waals surface area contributed by atoms with Crippen molar-refractivity contribution in [2.75, 3.05) is 0 Å². The van der Waals surface area contributed by atoms with Gasteiger partial charge in [0.2, 0.25) is 0 Å². The summed E-state index contributed by atoms with van der Waals surface area (Å²) in [4.78, 5) is 19.9. The predicted molar refractivity (Wildman–Crippen MR) is 187 cm³/mol. The summed E-state index contributed by atoms with van der Waals surface area (Å²) >= 11 is 1.71. The fourth-order valence-electron chi connectivity index (χ4n) is 6.00. The number of hydrogen-bond donors (Lipinski definition) is 0. The molecule has 0 fully saturated rings. The van der Waals surface area contributed by atoms with E-state index in [0.717, 1.165) is 70.5 Å². The molecule has 0 aliphatic heterocycles. The molecule has 0 aliphatic rings. The zero-order valence-electron chi connectivity index (χ0n) is 24.5. The van der Waals surface area contributed by atoms with Gasteiger partial charge in [0.1, 0.15) is 16.2 Å². The molecule has 46 heavy (non-hydrogen) atoms. The number of rotatable bonds is 5. The van der Waals surface area contributed by atoms with Gasteiger partial charge < -0.3 is 4.42 Å². The maximum Gasteiger partial charge on any atom is 0.164 e. The Morgan fingerprint density at radius 2 is 1.02 bits per heavy atom. The van der Waals surface area contributed by atoms with Gasteiger partial charge in [-0.3, -0.25) is 0 Å². The van der Waals surface area contributed by atoms with Gasteiger partial charge in [-0.05, 0) is 35.9 Å². The molecule has 0 saturated carbocycles. The summed E-state index contributed by atoms with van der Waals surface area (Å²) in [5.41, 5.74) is 8.66. The van der Waals surface area contributed by atoms with E-state index in [-0.39, 0.29) is 0 Å². The van der Waals surface area contributed by atoms with Gasteiger partial charge in [0, 0.05) is 38.6 Å². The first-order chi connectivity index (χ1) is 22.8. The van der Waals surface area contributed by atoms with Gasteiger partial charge >= 0.3 is 0 Å². The highest BCUT2D eigenvalue weighted by molar-refractivity contribution is 7.21. The topological polar surface area (TPSA) is 64.7 Å². The Bertz CT molecular complexity index is 2470. The normalized spacial score (nSPS) is 11.5. The standard InChI is InChI=1S/C40H24N4OS/c1-4-12-25(13-5-1)37-42-38(26-14-6-2-7-15-26)44-39(43-37)28-22-23-32-31(24-28)35-29(18-10-20-33(35)45-32)30-19-11-21-34-36(30)41-40(46-34)27-16-8-3-9-17-27/h1-24H. The van der Waals surface area contributed by atoms with Crippen LogP contribution in [-0.2, 0) is 0 Å². The highest BCUT2D eigenvalue weighted by Gasteiger charge is 2.19. The summed E-state index contributed by atoms with van der Waals surface area (Å²) in [6.45, 7) is 0. The molecule has 0 amide bonds. The van der Waals surface area contributed by atoms with Crippen LogP contribution in [0.25, 0.3) is 88.0 Å². The van der Waals surface area contributed by atoms with Gasteiger partial charge in [0.15, 0.2) is 17.5 Å². The molecular formula is C40H24N4OS. The SMILES string of the molecule is c1ccc(-c2nc(-c3ccccc3)nc(-c3ccc4oc5cccc(-c6cccc7sc(-c8ccccc8)nc67)c5c4c3)n2)cc1. The van der Waals surface area contributed by atoms with Crippen LogP contribution >= 0.6 is 11.3 Å². The van der Waals surface area contributed by atoms with Crippen LogP contribution in [0.5, 0.6) is 0 Å². The Morgan fingerprint density at radius 1 is 0.435 bits per heavy atom. The summed E-state index contributed by atoms with van der Waals surface area (Å²) in [5.74, 6) is 1.87. The largest absolute Gasteiger partial charge is 0.456 e. The lowest BCUT2D eigenvalue weighted by molar-refractivity contribution is 0.669. The number of benzene rings is 6. The molecule has 3 heterocycles. The fourth-order valence-corrected chi connectivity index (χ4v) is 7.00. The quantitative estimate of drug-likeness (QED) is 0.194. The molecule has 0 spiro atoms. The van der Waals surface area contributed by atoms with E-state index in [2.05, 4.69) is 60.7 Å². The summed E-state index contributed by atoms with van der Waals surface area (Å²) < 4.78 is 7.55. The van der Waals surface area contributed by atoms with E-state index in [1.165, 1.54) is 0 Å². The maximum atomic E-state index is 6.41. The van der Waals surface area contributed by atoms with E-state index in [1.54, 1.807) is 11.3 Å². The molecule has 9 rings (SSSR count). The van der Waals surface area contributed by atoms with E-state index in [9.17, 15) is 0 Å². The van der Waals surface area contributed by atoms with Crippen molar-refractivity contribution >= 4 is 43.5 Å². The third-order valence-electron chi connectivity index (χ3n) is 8.18. The molecule has 3 aromatic heterocycles. The molecule has 216 valence electrons. The summed E-state index contributed by atoms with van der Waals surface area (Å²) in [6.07, 6.45) is 0. The van der Waals surface area contributed by atoms with Crippen LogP contribution in [0.2, 0.25) is 0 Å². The Labute approximate surface area is 268 Å². The molecular weight excluding hydrogens is 585 g/mol. The molecule has 9 aromatic rings. The van der Waals surface area contributed by atoms with Gasteiger partial charge in [0.25, 0.3) is 0 Å².